The predicted octanol–water partition coefficient (Wildman–Crippen LogP) is 1.99. The van der Waals surface area contributed by atoms with Gasteiger partial charge in [0.25, 0.3) is 0 Å². The van der Waals surface area contributed by atoms with Crippen LogP contribution in [0.2, 0.25) is 0 Å². The van der Waals surface area contributed by atoms with Gasteiger partial charge in [-0.1, -0.05) is 0 Å². The van der Waals surface area contributed by atoms with Crippen LogP contribution in [0.4, 0.5) is 13.2 Å². The standard InChI is InChI=1S/C10H15F3N2O2/c1-7-9(8(2)15(3)14-7)17-5-4-16-6-10(11,12)13/h4-6H2,1-3H3. The fraction of sp³-hybridized carbons (Fsp3) is 0.700. The Morgan fingerprint density at radius 2 is 1.88 bits per heavy atom. The molecular weight excluding hydrogens is 237 g/mol. The van der Waals surface area contributed by atoms with Gasteiger partial charge in [-0.05, 0) is 13.8 Å². The van der Waals surface area contributed by atoms with Gasteiger partial charge in [-0.2, -0.15) is 18.3 Å². The monoisotopic (exact) mass is 252 g/mol. The van der Waals surface area contributed by atoms with E-state index in [1.807, 2.05) is 6.92 Å². The molecule has 98 valence electrons. The highest BCUT2D eigenvalue weighted by molar-refractivity contribution is 5.31. The third-order valence-electron chi connectivity index (χ3n) is 2.18. The summed E-state index contributed by atoms with van der Waals surface area (Å²) >= 11 is 0. The molecule has 17 heavy (non-hydrogen) atoms. The van der Waals surface area contributed by atoms with Crippen LogP contribution in [0.5, 0.6) is 5.75 Å². The molecule has 0 N–H and O–H groups in total. The SMILES string of the molecule is Cc1nn(C)c(C)c1OCCOCC(F)(F)F. The van der Waals surface area contributed by atoms with E-state index in [1.54, 1.807) is 18.7 Å². The summed E-state index contributed by atoms with van der Waals surface area (Å²) in [5.41, 5.74) is 1.54. The average molecular weight is 252 g/mol. The lowest BCUT2D eigenvalue weighted by atomic mass is 10.3. The Morgan fingerprint density at radius 1 is 1.24 bits per heavy atom. The summed E-state index contributed by atoms with van der Waals surface area (Å²) in [6.07, 6.45) is -4.29. The lowest BCUT2D eigenvalue weighted by molar-refractivity contribution is -0.175. The van der Waals surface area contributed by atoms with Gasteiger partial charge in [-0.15, -0.1) is 0 Å². The molecule has 0 aliphatic heterocycles. The Balaban J connectivity index is 2.32. The van der Waals surface area contributed by atoms with Crippen LogP contribution < -0.4 is 4.74 Å². The van der Waals surface area contributed by atoms with E-state index in [0.717, 1.165) is 5.69 Å². The molecule has 1 aromatic rings. The van der Waals surface area contributed by atoms with Gasteiger partial charge in [0.05, 0.1) is 12.3 Å². The lowest BCUT2D eigenvalue weighted by Gasteiger charge is -2.09. The van der Waals surface area contributed by atoms with Gasteiger partial charge in [0.15, 0.2) is 5.75 Å². The zero-order valence-electron chi connectivity index (χ0n) is 9.97. The summed E-state index contributed by atoms with van der Waals surface area (Å²) in [6, 6.07) is 0. The molecule has 0 unspecified atom stereocenters. The second-order valence-electron chi connectivity index (χ2n) is 3.64. The molecule has 0 atom stereocenters. The highest BCUT2D eigenvalue weighted by Crippen LogP contribution is 2.21. The van der Waals surface area contributed by atoms with Crippen LogP contribution in [0.15, 0.2) is 0 Å². The summed E-state index contributed by atoms with van der Waals surface area (Å²) in [7, 11) is 1.77. The Bertz CT molecular complexity index is 374. The number of rotatable bonds is 5. The van der Waals surface area contributed by atoms with Gasteiger partial charge in [0.2, 0.25) is 0 Å². The van der Waals surface area contributed by atoms with Crippen LogP contribution in [0.25, 0.3) is 0 Å². The normalized spacial score (nSPS) is 11.9. The van der Waals surface area contributed by atoms with E-state index in [4.69, 9.17) is 4.74 Å². The smallest absolute Gasteiger partial charge is 0.411 e. The van der Waals surface area contributed by atoms with E-state index in [2.05, 4.69) is 9.84 Å². The van der Waals surface area contributed by atoms with Gasteiger partial charge in [0.1, 0.15) is 18.9 Å². The van der Waals surface area contributed by atoms with Gasteiger partial charge in [-0.3, -0.25) is 4.68 Å². The average Bonchev–Trinajstić information content (AvgIpc) is 2.42. The third-order valence-corrected chi connectivity index (χ3v) is 2.18. The number of alkyl halides is 3. The van der Waals surface area contributed by atoms with Crippen molar-refractivity contribution in [2.24, 2.45) is 7.05 Å². The van der Waals surface area contributed by atoms with Crippen LogP contribution in [-0.2, 0) is 11.8 Å². The van der Waals surface area contributed by atoms with Crippen LogP contribution in [-0.4, -0.2) is 35.8 Å². The summed E-state index contributed by atoms with van der Waals surface area (Å²) in [6.45, 7) is 2.32. The fourth-order valence-electron chi connectivity index (χ4n) is 1.35. The molecule has 0 spiro atoms. The molecule has 1 rings (SSSR count). The minimum atomic E-state index is -4.29. The summed E-state index contributed by atoms with van der Waals surface area (Å²) < 4.78 is 46.7. The number of aromatic nitrogens is 2. The Labute approximate surface area is 97.3 Å². The Kier molecular flexibility index (Phi) is 4.39. The van der Waals surface area contributed by atoms with E-state index in [1.165, 1.54) is 0 Å². The topological polar surface area (TPSA) is 36.3 Å². The van der Waals surface area contributed by atoms with Crippen molar-refractivity contribution >= 4 is 0 Å². The van der Waals surface area contributed by atoms with E-state index < -0.39 is 12.8 Å². The lowest BCUT2D eigenvalue weighted by Crippen LogP contribution is -2.19. The first-order valence-corrected chi connectivity index (χ1v) is 5.09. The third kappa shape index (κ3) is 4.26. The van der Waals surface area contributed by atoms with Crippen molar-refractivity contribution in [3.05, 3.63) is 11.4 Å². The molecule has 0 saturated heterocycles. The molecule has 0 saturated carbocycles. The van der Waals surface area contributed by atoms with Gasteiger partial charge >= 0.3 is 6.18 Å². The maximum absolute atomic E-state index is 11.8. The minimum absolute atomic E-state index is 0.0729. The van der Waals surface area contributed by atoms with E-state index in [0.29, 0.717) is 11.4 Å². The predicted molar refractivity (Wildman–Crippen MR) is 55.1 cm³/mol. The highest BCUT2D eigenvalue weighted by Gasteiger charge is 2.27. The largest absolute Gasteiger partial charge is 0.487 e. The molecule has 0 bridgehead atoms. The maximum atomic E-state index is 11.8. The molecule has 7 heteroatoms. The molecule has 0 aliphatic carbocycles. The first-order valence-electron chi connectivity index (χ1n) is 5.09. The Hall–Kier alpha value is -1.24. The first kappa shape index (κ1) is 13.8. The van der Waals surface area contributed by atoms with Crippen molar-refractivity contribution in [2.75, 3.05) is 19.8 Å². The van der Waals surface area contributed by atoms with Crippen molar-refractivity contribution in [2.45, 2.75) is 20.0 Å². The van der Waals surface area contributed by atoms with Crippen molar-refractivity contribution < 1.29 is 22.6 Å². The molecule has 0 amide bonds. The molecular formula is C10H15F3N2O2. The van der Waals surface area contributed by atoms with E-state index in [9.17, 15) is 13.2 Å². The molecule has 1 heterocycles. The zero-order valence-corrected chi connectivity index (χ0v) is 9.97. The van der Waals surface area contributed by atoms with Gasteiger partial charge in [0, 0.05) is 7.05 Å². The molecule has 0 fully saturated rings. The van der Waals surface area contributed by atoms with Crippen molar-refractivity contribution in [1.82, 2.24) is 9.78 Å². The number of nitrogens with zero attached hydrogens (tertiary/aromatic N) is 2. The van der Waals surface area contributed by atoms with E-state index in [-0.39, 0.29) is 13.2 Å². The molecule has 4 nitrogen and oxygen atoms in total. The number of hydrogen-bond acceptors (Lipinski definition) is 3. The van der Waals surface area contributed by atoms with E-state index >= 15 is 0 Å². The van der Waals surface area contributed by atoms with Crippen LogP contribution in [0.3, 0.4) is 0 Å². The van der Waals surface area contributed by atoms with Crippen molar-refractivity contribution in [1.29, 1.82) is 0 Å². The quantitative estimate of drug-likeness (QED) is 0.752. The van der Waals surface area contributed by atoms with Crippen LogP contribution in [0.1, 0.15) is 11.4 Å². The van der Waals surface area contributed by atoms with Crippen molar-refractivity contribution in [3.8, 4) is 5.75 Å². The number of halogens is 3. The fourth-order valence-corrected chi connectivity index (χ4v) is 1.35. The minimum Gasteiger partial charge on any atom is -0.487 e. The number of hydrogen-bond donors (Lipinski definition) is 0. The second kappa shape index (κ2) is 5.39. The summed E-state index contributed by atoms with van der Waals surface area (Å²) in [5.74, 6) is 0.600. The first-order chi connectivity index (χ1) is 7.81. The summed E-state index contributed by atoms with van der Waals surface area (Å²) in [5, 5.41) is 4.12. The highest BCUT2D eigenvalue weighted by atomic mass is 19.4. The molecule has 0 aliphatic rings. The number of aryl methyl sites for hydroxylation is 2. The van der Waals surface area contributed by atoms with Crippen LogP contribution in [0, 0.1) is 13.8 Å². The number of ether oxygens (including phenoxy) is 2. The molecule has 0 radical (unpaired) electrons. The second-order valence-corrected chi connectivity index (χ2v) is 3.64. The van der Waals surface area contributed by atoms with Crippen molar-refractivity contribution in [3.63, 3.8) is 0 Å². The summed E-state index contributed by atoms with van der Waals surface area (Å²) in [4.78, 5) is 0. The maximum Gasteiger partial charge on any atom is 0.411 e. The van der Waals surface area contributed by atoms with Crippen LogP contribution >= 0.6 is 0 Å². The Morgan fingerprint density at radius 3 is 2.35 bits per heavy atom. The zero-order chi connectivity index (χ0) is 13.1. The van der Waals surface area contributed by atoms with Gasteiger partial charge < -0.3 is 9.47 Å². The van der Waals surface area contributed by atoms with Gasteiger partial charge in [-0.25, -0.2) is 0 Å². The molecule has 1 aromatic heterocycles. The molecule has 0 aromatic carbocycles.